The van der Waals surface area contributed by atoms with Crippen molar-refractivity contribution in [3.8, 4) is 5.75 Å². The van der Waals surface area contributed by atoms with Crippen LogP contribution in [0.4, 0.5) is 4.79 Å². The predicted octanol–water partition coefficient (Wildman–Crippen LogP) is 2.50. The Balaban J connectivity index is 1.87. The van der Waals surface area contributed by atoms with Gasteiger partial charge in [0.25, 0.3) is 0 Å². The number of hydrogen-bond donors (Lipinski definition) is 1. The van der Waals surface area contributed by atoms with Crippen LogP contribution in [-0.4, -0.2) is 31.1 Å². The summed E-state index contributed by atoms with van der Waals surface area (Å²) in [7, 11) is 0. The molecule has 1 atom stereocenters. The van der Waals surface area contributed by atoms with Gasteiger partial charge >= 0.3 is 6.09 Å². The molecule has 2 rings (SSSR count). The van der Waals surface area contributed by atoms with E-state index in [4.69, 9.17) is 9.47 Å². The van der Waals surface area contributed by atoms with Crippen molar-refractivity contribution >= 4 is 12.4 Å². The van der Waals surface area contributed by atoms with Crippen molar-refractivity contribution < 1.29 is 19.1 Å². The second kappa shape index (κ2) is 6.81. The van der Waals surface area contributed by atoms with E-state index in [9.17, 15) is 9.59 Å². The Kier molecular flexibility index (Phi) is 5.06. The Bertz CT molecular complexity index is 548. The van der Waals surface area contributed by atoms with Gasteiger partial charge in [-0.3, -0.25) is 0 Å². The van der Waals surface area contributed by atoms with Crippen LogP contribution in [0.3, 0.4) is 0 Å². The van der Waals surface area contributed by atoms with E-state index in [1.807, 2.05) is 12.1 Å². The summed E-state index contributed by atoms with van der Waals surface area (Å²) in [5.41, 5.74) is 1.72. The number of fused-ring (bicyclic) bond motifs is 1. The monoisotopic (exact) mass is 305 g/mol. The van der Waals surface area contributed by atoms with Crippen LogP contribution in [-0.2, 0) is 22.4 Å². The number of benzene rings is 1. The van der Waals surface area contributed by atoms with E-state index in [0.717, 1.165) is 30.6 Å². The molecule has 0 radical (unpaired) electrons. The Labute approximate surface area is 131 Å². The van der Waals surface area contributed by atoms with E-state index in [-0.39, 0.29) is 12.5 Å². The van der Waals surface area contributed by atoms with E-state index in [1.165, 1.54) is 5.56 Å². The molecule has 1 aliphatic heterocycles. The third-order valence-corrected chi connectivity index (χ3v) is 3.35. The van der Waals surface area contributed by atoms with Crippen LogP contribution < -0.4 is 10.1 Å². The van der Waals surface area contributed by atoms with Crippen molar-refractivity contribution in [1.82, 2.24) is 5.32 Å². The van der Waals surface area contributed by atoms with E-state index < -0.39 is 11.7 Å². The third kappa shape index (κ3) is 4.76. The SMILES string of the molecule is CC(C)(C)OC(=O)NC[C@H](C=O)Cc1ccc2c(c1)CCO2. The van der Waals surface area contributed by atoms with Crippen LogP contribution in [0, 0.1) is 5.92 Å². The molecule has 1 N–H and O–H groups in total. The van der Waals surface area contributed by atoms with Crippen LogP contribution in [0.25, 0.3) is 0 Å². The molecule has 0 aliphatic carbocycles. The van der Waals surface area contributed by atoms with E-state index in [0.29, 0.717) is 6.42 Å². The van der Waals surface area contributed by atoms with Gasteiger partial charge in [-0.25, -0.2) is 4.79 Å². The zero-order chi connectivity index (χ0) is 16.2. The number of alkyl carbamates (subject to hydrolysis) is 1. The standard InChI is InChI=1S/C17H23NO4/c1-17(2,3)22-16(20)18-10-13(11-19)8-12-4-5-15-14(9-12)6-7-21-15/h4-5,9,11,13H,6-8,10H2,1-3H3,(H,18,20)/t13-/m1/s1. The Morgan fingerprint density at radius 3 is 2.91 bits per heavy atom. The van der Waals surface area contributed by atoms with Gasteiger partial charge < -0.3 is 19.6 Å². The maximum atomic E-state index is 11.6. The summed E-state index contributed by atoms with van der Waals surface area (Å²) < 4.78 is 10.6. The van der Waals surface area contributed by atoms with Gasteiger partial charge in [0.2, 0.25) is 0 Å². The number of rotatable bonds is 5. The Hall–Kier alpha value is -2.04. The first kappa shape index (κ1) is 16.3. The summed E-state index contributed by atoms with van der Waals surface area (Å²) >= 11 is 0. The molecular weight excluding hydrogens is 282 g/mol. The molecule has 5 nitrogen and oxygen atoms in total. The minimum absolute atomic E-state index is 0.270. The fourth-order valence-corrected chi connectivity index (χ4v) is 2.37. The fourth-order valence-electron chi connectivity index (χ4n) is 2.37. The zero-order valence-electron chi connectivity index (χ0n) is 13.3. The van der Waals surface area contributed by atoms with Crippen molar-refractivity contribution in [2.75, 3.05) is 13.2 Å². The normalized spacial score (nSPS) is 14.7. The van der Waals surface area contributed by atoms with Gasteiger partial charge in [0.05, 0.1) is 6.61 Å². The molecule has 22 heavy (non-hydrogen) atoms. The van der Waals surface area contributed by atoms with Crippen LogP contribution in [0.15, 0.2) is 18.2 Å². The number of amides is 1. The topological polar surface area (TPSA) is 64.6 Å². The first-order valence-electron chi connectivity index (χ1n) is 7.54. The smallest absolute Gasteiger partial charge is 0.407 e. The van der Waals surface area contributed by atoms with E-state index in [1.54, 1.807) is 20.8 Å². The average molecular weight is 305 g/mol. The molecule has 0 saturated carbocycles. The molecule has 1 aromatic carbocycles. The van der Waals surface area contributed by atoms with Crippen molar-refractivity contribution in [3.05, 3.63) is 29.3 Å². The summed E-state index contributed by atoms with van der Waals surface area (Å²) in [6.07, 6.45) is 1.88. The molecule has 0 unspecified atom stereocenters. The van der Waals surface area contributed by atoms with Gasteiger partial charge in [-0.1, -0.05) is 12.1 Å². The molecular formula is C17H23NO4. The number of nitrogens with one attached hydrogen (secondary N) is 1. The summed E-state index contributed by atoms with van der Waals surface area (Å²) in [4.78, 5) is 22.8. The summed E-state index contributed by atoms with van der Waals surface area (Å²) in [6, 6.07) is 5.99. The van der Waals surface area contributed by atoms with Crippen LogP contribution in [0.1, 0.15) is 31.9 Å². The molecule has 1 aliphatic rings. The largest absolute Gasteiger partial charge is 0.493 e. The number of ether oxygens (including phenoxy) is 2. The minimum atomic E-state index is -0.541. The van der Waals surface area contributed by atoms with E-state index >= 15 is 0 Å². The van der Waals surface area contributed by atoms with Gasteiger partial charge in [-0.2, -0.15) is 0 Å². The first-order valence-corrected chi connectivity index (χ1v) is 7.54. The van der Waals surface area contributed by atoms with Gasteiger partial charge in [-0.15, -0.1) is 0 Å². The Morgan fingerprint density at radius 1 is 1.45 bits per heavy atom. The summed E-state index contributed by atoms with van der Waals surface area (Å²) in [5.74, 6) is 0.658. The molecule has 1 heterocycles. The number of carbonyl (C=O) groups excluding carboxylic acids is 2. The van der Waals surface area contributed by atoms with Gasteiger partial charge in [0.15, 0.2) is 0 Å². The second-order valence-electron chi connectivity index (χ2n) is 6.52. The zero-order valence-corrected chi connectivity index (χ0v) is 13.3. The maximum Gasteiger partial charge on any atom is 0.407 e. The highest BCUT2D eigenvalue weighted by molar-refractivity contribution is 5.68. The van der Waals surface area contributed by atoms with Gasteiger partial charge in [-0.05, 0) is 44.4 Å². The van der Waals surface area contributed by atoms with Gasteiger partial charge in [0.1, 0.15) is 17.6 Å². The molecule has 0 fully saturated rings. The fraction of sp³-hybridized carbons (Fsp3) is 0.529. The molecule has 0 bridgehead atoms. The lowest BCUT2D eigenvalue weighted by Crippen LogP contribution is -2.36. The van der Waals surface area contributed by atoms with Crippen LogP contribution in [0.5, 0.6) is 5.75 Å². The molecule has 1 amide bonds. The lowest BCUT2D eigenvalue weighted by molar-refractivity contribution is -0.110. The molecule has 0 aromatic heterocycles. The highest BCUT2D eigenvalue weighted by Crippen LogP contribution is 2.26. The molecule has 5 heteroatoms. The van der Waals surface area contributed by atoms with Crippen molar-refractivity contribution in [2.24, 2.45) is 5.92 Å². The highest BCUT2D eigenvalue weighted by atomic mass is 16.6. The lowest BCUT2D eigenvalue weighted by Gasteiger charge is -2.20. The highest BCUT2D eigenvalue weighted by Gasteiger charge is 2.18. The number of hydrogen-bond acceptors (Lipinski definition) is 4. The molecule has 1 aromatic rings. The number of aldehydes is 1. The summed E-state index contributed by atoms with van der Waals surface area (Å²) in [6.45, 7) is 6.39. The maximum absolute atomic E-state index is 11.6. The lowest BCUT2D eigenvalue weighted by atomic mass is 9.98. The first-order chi connectivity index (χ1) is 10.4. The third-order valence-electron chi connectivity index (χ3n) is 3.35. The predicted molar refractivity (Wildman–Crippen MR) is 83.1 cm³/mol. The molecule has 0 saturated heterocycles. The molecule has 120 valence electrons. The Morgan fingerprint density at radius 2 is 2.23 bits per heavy atom. The average Bonchev–Trinajstić information content (AvgIpc) is 2.88. The van der Waals surface area contributed by atoms with Crippen molar-refractivity contribution in [1.29, 1.82) is 0 Å². The van der Waals surface area contributed by atoms with Crippen molar-refractivity contribution in [2.45, 2.75) is 39.2 Å². The minimum Gasteiger partial charge on any atom is -0.493 e. The quantitative estimate of drug-likeness (QED) is 0.849. The molecule has 0 spiro atoms. The van der Waals surface area contributed by atoms with Crippen LogP contribution >= 0.6 is 0 Å². The second-order valence-corrected chi connectivity index (χ2v) is 6.52. The number of carbonyl (C=O) groups is 2. The summed E-state index contributed by atoms with van der Waals surface area (Å²) in [5, 5.41) is 2.65. The van der Waals surface area contributed by atoms with Gasteiger partial charge in [0, 0.05) is 18.9 Å². The van der Waals surface area contributed by atoms with E-state index in [2.05, 4.69) is 11.4 Å². The van der Waals surface area contributed by atoms with Crippen molar-refractivity contribution in [3.63, 3.8) is 0 Å². The van der Waals surface area contributed by atoms with Crippen LogP contribution in [0.2, 0.25) is 0 Å².